The Morgan fingerprint density at radius 1 is 1.50 bits per heavy atom. The molecule has 1 N–H and O–H groups in total. The lowest BCUT2D eigenvalue weighted by Crippen LogP contribution is -2.37. The molecule has 1 aliphatic heterocycles. The van der Waals surface area contributed by atoms with Crippen molar-refractivity contribution in [1.29, 1.82) is 0 Å². The molecule has 1 aromatic carbocycles. The van der Waals surface area contributed by atoms with Crippen LogP contribution in [0.2, 0.25) is 0 Å². The van der Waals surface area contributed by atoms with Crippen LogP contribution in [0.15, 0.2) is 24.3 Å². The van der Waals surface area contributed by atoms with Crippen LogP contribution in [0.4, 0.5) is 0 Å². The van der Waals surface area contributed by atoms with E-state index in [2.05, 4.69) is 11.2 Å². The van der Waals surface area contributed by atoms with E-state index >= 15 is 0 Å². The van der Waals surface area contributed by atoms with Crippen LogP contribution in [0.3, 0.4) is 0 Å². The molecule has 2 rings (SSSR count). The van der Waals surface area contributed by atoms with Gasteiger partial charge in [0.25, 0.3) is 0 Å². The van der Waals surface area contributed by atoms with Gasteiger partial charge in [-0.25, -0.2) is 0 Å². The van der Waals surface area contributed by atoms with Gasteiger partial charge >= 0.3 is 0 Å². The predicted octanol–water partition coefficient (Wildman–Crippen LogP) is 1.77. The summed E-state index contributed by atoms with van der Waals surface area (Å²) in [5.74, 6) is 3.42. The Labute approximate surface area is 108 Å². The molecule has 94 valence electrons. The normalized spacial score (nSPS) is 17.2. The summed E-state index contributed by atoms with van der Waals surface area (Å²) >= 11 is 0. The van der Waals surface area contributed by atoms with Crippen molar-refractivity contribution in [3.63, 3.8) is 0 Å². The summed E-state index contributed by atoms with van der Waals surface area (Å²) in [7, 11) is 0. The standard InChI is InChI=1S/C15H17NO2/c1-2-3-6-9-16-15(17)13-10-12-7-4-5-8-14(12)18-11-13/h1,4-5,7-8,13H,3,6,9-11H2,(H,16,17). The first-order valence-electron chi connectivity index (χ1n) is 6.23. The quantitative estimate of drug-likeness (QED) is 0.646. The highest BCUT2D eigenvalue weighted by Crippen LogP contribution is 2.26. The van der Waals surface area contributed by atoms with Crippen molar-refractivity contribution in [1.82, 2.24) is 5.32 Å². The zero-order valence-electron chi connectivity index (χ0n) is 10.3. The second-order valence-electron chi connectivity index (χ2n) is 4.42. The fourth-order valence-electron chi connectivity index (χ4n) is 2.04. The van der Waals surface area contributed by atoms with Gasteiger partial charge in [-0.15, -0.1) is 12.3 Å². The number of hydrogen-bond donors (Lipinski definition) is 1. The third-order valence-corrected chi connectivity index (χ3v) is 3.05. The van der Waals surface area contributed by atoms with Crippen LogP contribution in [-0.2, 0) is 11.2 Å². The molecule has 0 saturated carbocycles. The molecule has 0 saturated heterocycles. The summed E-state index contributed by atoms with van der Waals surface area (Å²) in [6, 6.07) is 7.86. The summed E-state index contributed by atoms with van der Waals surface area (Å²) in [6.07, 6.45) is 7.43. The summed E-state index contributed by atoms with van der Waals surface area (Å²) in [5, 5.41) is 2.90. The molecular weight excluding hydrogens is 226 g/mol. The molecule has 18 heavy (non-hydrogen) atoms. The number of carbonyl (C=O) groups is 1. The van der Waals surface area contributed by atoms with E-state index < -0.39 is 0 Å². The molecule has 3 nitrogen and oxygen atoms in total. The van der Waals surface area contributed by atoms with E-state index in [-0.39, 0.29) is 11.8 Å². The first-order valence-corrected chi connectivity index (χ1v) is 6.23. The largest absolute Gasteiger partial charge is 0.492 e. The Kier molecular flexibility index (Phi) is 4.25. The van der Waals surface area contributed by atoms with Gasteiger partial charge < -0.3 is 10.1 Å². The number of fused-ring (bicyclic) bond motifs is 1. The first-order chi connectivity index (χ1) is 8.81. The van der Waals surface area contributed by atoms with Gasteiger partial charge in [-0.2, -0.15) is 0 Å². The number of para-hydroxylation sites is 1. The van der Waals surface area contributed by atoms with Crippen molar-refractivity contribution in [2.45, 2.75) is 19.3 Å². The van der Waals surface area contributed by atoms with Crippen LogP contribution in [0.25, 0.3) is 0 Å². The molecule has 1 unspecified atom stereocenters. The number of terminal acetylenes is 1. The Balaban J connectivity index is 1.85. The third kappa shape index (κ3) is 3.04. The van der Waals surface area contributed by atoms with Gasteiger partial charge in [-0.1, -0.05) is 18.2 Å². The minimum Gasteiger partial charge on any atom is -0.492 e. The van der Waals surface area contributed by atoms with E-state index in [0.29, 0.717) is 19.6 Å². The lowest BCUT2D eigenvalue weighted by atomic mass is 9.96. The lowest BCUT2D eigenvalue weighted by Gasteiger charge is -2.24. The van der Waals surface area contributed by atoms with Gasteiger partial charge in [0.15, 0.2) is 0 Å². The van der Waals surface area contributed by atoms with E-state index in [1.165, 1.54) is 0 Å². The summed E-state index contributed by atoms with van der Waals surface area (Å²) in [4.78, 5) is 11.9. The van der Waals surface area contributed by atoms with Gasteiger partial charge in [0.1, 0.15) is 12.4 Å². The molecule has 3 heteroatoms. The van der Waals surface area contributed by atoms with Crippen LogP contribution < -0.4 is 10.1 Å². The summed E-state index contributed by atoms with van der Waals surface area (Å²) in [6.45, 7) is 1.10. The maximum Gasteiger partial charge on any atom is 0.226 e. The smallest absolute Gasteiger partial charge is 0.226 e. The highest BCUT2D eigenvalue weighted by molar-refractivity contribution is 5.79. The second-order valence-corrected chi connectivity index (χ2v) is 4.42. The van der Waals surface area contributed by atoms with Crippen LogP contribution in [-0.4, -0.2) is 19.1 Å². The molecule has 1 aromatic rings. The van der Waals surface area contributed by atoms with Crippen molar-refractivity contribution in [3.05, 3.63) is 29.8 Å². The second kappa shape index (κ2) is 6.11. The van der Waals surface area contributed by atoms with E-state index in [9.17, 15) is 4.79 Å². The van der Waals surface area contributed by atoms with Gasteiger partial charge in [-0.3, -0.25) is 4.79 Å². The SMILES string of the molecule is C#CCCCNC(=O)C1COc2ccccc2C1. The number of benzene rings is 1. The number of rotatable bonds is 4. The number of ether oxygens (including phenoxy) is 1. The molecule has 1 atom stereocenters. The first kappa shape index (κ1) is 12.5. The molecule has 0 aliphatic carbocycles. The molecule has 0 radical (unpaired) electrons. The molecule has 0 fully saturated rings. The van der Waals surface area contributed by atoms with Gasteiger partial charge in [0, 0.05) is 13.0 Å². The molecule has 1 amide bonds. The topological polar surface area (TPSA) is 38.3 Å². The third-order valence-electron chi connectivity index (χ3n) is 3.05. The minimum absolute atomic E-state index is 0.0570. The fraction of sp³-hybridized carbons (Fsp3) is 0.400. The molecule has 0 bridgehead atoms. The van der Waals surface area contributed by atoms with E-state index in [4.69, 9.17) is 11.2 Å². The molecular formula is C15H17NO2. The Morgan fingerprint density at radius 2 is 2.33 bits per heavy atom. The average molecular weight is 243 g/mol. The molecule has 0 spiro atoms. The van der Waals surface area contributed by atoms with E-state index in [1.807, 2.05) is 24.3 Å². The molecule has 0 aromatic heterocycles. The number of unbranched alkanes of at least 4 members (excludes halogenated alkanes) is 1. The average Bonchev–Trinajstić information content (AvgIpc) is 2.43. The van der Waals surface area contributed by atoms with Crippen molar-refractivity contribution < 1.29 is 9.53 Å². The Hall–Kier alpha value is -1.95. The van der Waals surface area contributed by atoms with Gasteiger partial charge in [0.2, 0.25) is 5.91 Å². The Bertz CT molecular complexity index is 462. The summed E-state index contributed by atoms with van der Waals surface area (Å²) in [5.41, 5.74) is 1.10. The highest BCUT2D eigenvalue weighted by Gasteiger charge is 2.25. The van der Waals surface area contributed by atoms with Crippen molar-refractivity contribution >= 4 is 5.91 Å². The van der Waals surface area contributed by atoms with Crippen molar-refractivity contribution in [2.24, 2.45) is 5.92 Å². The fourth-order valence-corrected chi connectivity index (χ4v) is 2.04. The summed E-state index contributed by atoms with van der Waals surface area (Å²) < 4.78 is 5.59. The van der Waals surface area contributed by atoms with E-state index in [1.54, 1.807) is 0 Å². The lowest BCUT2D eigenvalue weighted by molar-refractivity contribution is -0.126. The Morgan fingerprint density at radius 3 is 3.17 bits per heavy atom. The number of hydrogen-bond acceptors (Lipinski definition) is 2. The number of nitrogens with one attached hydrogen (secondary N) is 1. The van der Waals surface area contributed by atoms with Crippen molar-refractivity contribution in [3.8, 4) is 18.1 Å². The van der Waals surface area contributed by atoms with Gasteiger partial charge in [0.05, 0.1) is 5.92 Å². The maximum atomic E-state index is 11.9. The predicted molar refractivity (Wildman–Crippen MR) is 70.2 cm³/mol. The van der Waals surface area contributed by atoms with Crippen LogP contribution in [0.1, 0.15) is 18.4 Å². The van der Waals surface area contributed by atoms with Crippen LogP contribution in [0, 0.1) is 18.3 Å². The zero-order valence-corrected chi connectivity index (χ0v) is 10.3. The maximum absolute atomic E-state index is 11.9. The molecule has 1 aliphatic rings. The zero-order chi connectivity index (χ0) is 12.8. The van der Waals surface area contributed by atoms with Gasteiger partial charge in [-0.05, 0) is 24.5 Å². The monoisotopic (exact) mass is 243 g/mol. The molecule has 1 heterocycles. The highest BCUT2D eigenvalue weighted by atomic mass is 16.5. The number of carbonyl (C=O) groups excluding carboxylic acids is 1. The van der Waals surface area contributed by atoms with Crippen LogP contribution >= 0.6 is 0 Å². The van der Waals surface area contributed by atoms with Crippen LogP contribution in [0.5, 0.6) is 5.75 Å². The number of amides is 1. The minimum atomic E-state index is -0.0919. The van der Waals surface area contributed by atoms with Crippen molar-refractivity contribution in [2.75, 3.05) is 13.2 Å². The van der Waals surface area contributed by atoms with E-state index in [0.717, 1.165) is 24.2 Å².